The smallest absolute Gasteiger partial charge is 0.319 e. The summed E-state index contributed by atoms with van der Waals surface area (Å²) in [4.78, 5) is 28.8. The Morgan fingerprint density at radius 2 is 1.95 bits per heavy atom. The van der Waals surface area contributed by atoms with Crippen molar-refractivity contribution in [1.82, 2.24) is 14.7 Å². The van der Waals surface area contributed by atoms with E-state index in [-0.39, 0.29) is 12.5 Å². The molecule has 0 aliphatic carbocycles. The molecule has 114 valence electrons. The molecule has 1 atom stereocenters. The number of amides is 2. The molecule has 6 nitrogen and oxygen atoms in total. The van der Waals surface area contributed by atoms with Gasteiger partial charge in [-0.1, -0.05) is 0 Å². The third-order valence-electron chi connectivity index (χ3n) is 4.30. The van der Waals surface area contributed by atoms with Crippen LogP contribution in [-0.2, 0) is 4.79 Å². The van der Waals surface area contributed by atoms with Gasteiger partial charge in [-0.25, -0.2) is 4.79 Å². The number of carboxylic acids is 1. The average Bonchev–Trinajstić information content (AvgIpc) is 3.07. The predicted molar refractivity (Wildman–Crippen MR) is 75.7 cm³/mol. The van der Waals surface area contributed by atoms with Crippen molar-refractivity contribution in [3.05, 3.63) is 0 Å². The van der Waals surface area contributed by atoms with E-state index >= 15 is 0 Å². The zero-order chi connectivity index (χ0) is 14.5. The molecule has 2 aliphatic rings. The molecule has 0 aromatic rings. The van der Waals surface area contributed by atoms with Gasteiger partial charge >= 0.3 is 12.0 Å². The van der Waals surface area contributed by atoms with E-state index in [1.165, 1.54) is 25.9 Å². The number of hydrogen-bond donors (Lipinski definition) is 1. The van der Waals surface area contributed by atoms with Gasteiger partial charge in [0.25, 0.3) is 0 Å². The highest BCUT2D eigenvalue weighted by Crippen LogP contribution is 2.21. The molecule has 2 saturated heterocycles. The Morgan fingerprint density at radius 3 is 2.60 bits per heavy atom. The first-order valence-electron chi connectivity index (χ1n) is 7.54. The van der Waals surface area contributed by atoms with E-state index in [1.807, 2.05) is 4.90 Å². The van der Waals surface area contributed by atoms with Crippen LogP contribution in [0.4, 0.5) is 4.79 Å². The van der Waals surface area contributed by atoms with Crippen LogP contribution >= 0.6 is 0 Å². The van der Waals surface area contributed by atoms with Gasteiger partial charge in [-0.05, 0) is 38.8 Å². The fourth-order valence-corrected chi connectivity index (χ4v) is 3.12. The number of hydrogen-bond acceptors (Lipinski definition) is 3. The van der Waals surface area contributed by atoms with Gasteiger partial charge in [-0.2, -0.15) is 0 Å². The van der Waals surface area contributed by atoms with Gasteiger partial charge in [0.05, 0.1) is 0 Å². The zero-order valence-corrected chi connectivity index (χ0v) is 12.3. The fourth-order valence-electron chi connectivity index (χ4n) is 3.12. The normalized spacial score (nSPS) is 23.2. The minimum atomic E-state index is -0.805. The van der Waals surface area contributed by atoms with E-state index < -0.39 is 5.97 Å². The maximum Gasteiger partial charge on any atom is 0.319 e. The first-order valence-corrected chi connectivity index (χ1v) is 7.54. The van der Waals surface area contributed by atoms with Gasteiger partial charge in [0.2, 0.25) is 0 Å². The molecular weight excluding hydrogens is 258 g/mol. The van der Waals surface area contributed by atoms with E-state index in [0.29, 0.717) is 19.0 Å². The highest BCUT2D eigenvalue weighted by Gasteiger charge is 2.32. The molecule has 0 radical (unpaired) electrons. The molecule has 0 bridgehead atoms. The van der Waals surface area contributed by atoms with Gasteiger partial charge in [0.1, 0.15) is 0 Å². The average molecular weight is 283 g/mol. The molecule has 0 saturated carbocycles. The SMILES string of the molecule is CN(CCCC(=O)O)C(=O)N1CCC(N2CCCC2)C1. The van der Waals surface area contributed by atoms with Crippen molar-refractivity contribution in [2.45, 2.75) is 38.1 Å². The quantitative estimate of drug-likeness (QED) is 0.820. The summed E-state index contributed by atoms with van der Waals surface area (Å²) in [7, 11) is 1.76. The van der Waals surface area contributed by atoms with Crippen LogP contribution in [0.1, 0.15) is 32.1 Å². The maximum atomic E-state index is 12.3. The molecular formula is C14H25N3O3. The lowest BCUT2D eigenvalue weighted by atomic mass is 10.2. The van der Waals surface area contributed by atoms with Gasteiger partial charge in [-0.3, -0.25) is 9.69 Å². The van der Waals surface area contributed by atoms with Crippen LogP contribution in [0.15, 0.2) is 0 Å². The largest absolute Gasteiger partial charge is 0.481 e. The second kappa shape index (κ2) is 6.92. The van der Waals surface area contributed by atoms with E-state index in [2.05, 4.69) is 4.90 Å². The number of rotatable bonds is 5. The van der Waals surface area contributed by atoms with Gasteiger partial charge in [-0.15, -0.1) is 0 Å². The first-order chi connectivity index (χ1) is 9.58. The molecule has 1 N–H and O–H groups in total. The highest BCUT2D eigenvalue weighted by molar-refractivity contribution is 5.74. The molecule has 0 aromatic heterocycles. The lowest BCUT2D eigenvalue weighted by Gasteiger charge is -2.26. The Kier molecular flexibility index (Phi) is 5.23. The fraction of sp³-hybridized carbons (Fsp3) is 0.857. The zero-order valence-electron chi connectivity index (χ0n) is 12.3. The molecule has 2 heterocycles. The highest BCUT2D eigenvalue weighted by atomic mass is 16.4. The Hall–Kier alpha value is -1.30. The number of carboxylic acid groups (broad SMARTS) is 1. The third kappa shape index (κ3) is 3.85. The summed E-state index contributed by atoms with van der Waals surface area (Å²) in [5, 5.41) is 8.61. The Bertz CT molecular complexity index is 356. The summed E-state index contributed by atoms with van der Waals surface area (Å²) >= 11 is 0. The molecule has 2 fully saturated rings. The number of carbonyl (C=O) groups excluding carboxylic acids is 1. The molecule has 0 spiro atoms. The number of carbonyl (C=O) groups is 2. The summed E-state index contributed by atoms with van der Waals surface area (Å²) in [6.07, 6.45) is 4.25. The van der Waals surface area contributed by atoms with Crippen molar-refractivity contribution < 1.29 is 14.7 Å². The van der Waals surface area contributed by atoms with Crippen molar-refractivity contribution in [1.29, 1.82) is 0 Å². The summed E-state index contributed by atoms with van der Waals surface area (Å²) in [6.45, 7) is 4.49. The van der Waals surface area contributed by atoms with Gasteiger partial charge < -0.3 is 14.9 Å². The van der Waals surface area contributed by atoms with Crippen molar-refractivity contribution in [3.8, 4) is 0 Å². The molecule has 1 unspecified atom stereocenters. The maximum absolute atomic E-state index is 12.3. The van der Waals surface area contributed by atoms with Crippen molar-refractivity contribution >= 4 is 12.0 Å². The second-order valence-electron chi connectivity index (χ2n) is 5.83. The standard InChI is InChI=1S/C14H25N3O3/c1-15(7-4-5-13(18)19)14(20)17-10-6-12(11-17)16-8-2-3-9-16/h12H,2-11H2,1H3,(H,18,19). The Morgan fingerprint density at radius 1 is 1.25 bits per heavy atom. The monoisotopic (exact) mass is 283 g/mol. The third-order valence-corrected chi connectivity index (χ3v) is 4.30. The summed E-state index contributed by atoms with van der Waals surface area (Å²) in [5.74, 6) is -0.805. The van der Waals surface area contributed by atoms with Gasteiger partial charge in [0.15, 0.2) is 0 Å². The molecule has 2 amide bonds. The Balaban J connectivity index is 1.73. The number of aliphatic carboxylic acids is 1. The van der Waals surface area contributed by atoms with Gasteiger partial charge in [0, 0.05) is 39.1 Å². The van der Waals surface area contributed by atoms with Crippen molar-refractivity contribution in [3.63, 3.8) is 0 Å². The van der Waals surface area contributed by atoms with Crippen molar-refractivity contribution in [2.75, 3.05) is 39.8 Å². The summed E-state index contributed by atoms with van der Waals surface area (Å²) in [6, 6.07) is 0.561. The van der Waals surface area contributed by atoms with Crippen LogP contribution in [-0.4, -0.2) is 77.6 Å². The van der Waals surface area contributed by atoms with Crippen LogP contribution in [0.25, 0.3) is 0 Å². The van der Waals surface area contributed by atoms with Crippen LogP contribution in [0, 0.1) is 0 Å². The molecule has 0 aromatic carbocycles. The minimum Gasteiger partial charge on any atom is -0.481 e. The summed E-state index contributed by atoms with van der Waals surface area (Å²) < 4.78 is 0. The number of likely N-dealkylation sites (tertiary alicyclic amines) is 2. The van der Waals surface area contributed by atoms with E-state index in [9.17, 15) is 9.59 Å². The predicted octanol–water partition coefficient (Wildman–Crippen LogP) is 1.07. The number of nitrogens with zero attached hydrogens (tertiary/aromatic N) is 3. The minimum absolute atomic E-state index is 0.0390. The molecule has 2 aliphatic heterocycles. The lowest BCUT2D eigenvalue weighted by Crippen LogP contribution is -2.42. The van der Waals surface area contributed by atoms with E-state index in [4.69, 9.17) is 5.11 Å². The topological polar surface area (TPSA) is 64.1 Å². The summed E-state index contributed by atoms with van der Waals surface area (Å²) in [5.41, 5.74) is 0. The van der Waals surface area contributed by atoms with Crippen molar-refractivity contribution in [2.24, 2.45) is 0 Å². The Labute approximate surface area is 120 Å². The molecule has 6 heteroatoms. The van der Waals surface area contributed by atoms with Crippen LogP contribution in [0.5, 0.6) is 0 Å². The van der Waals surface area contributed by atoms with Crippen LogP contribution in [0.3, 0.4) is 0 Å². The first kappa shape index (κ1) is 15.1. The van der Waals surface area contributed by atoms with E-state index in [0.717, 1.165) is 19.5 Å². The van der Waals surface area contributed by atoms with E-state index in [1.54, 1.807) is 11.9 Å². The second-order valence-corrected chi connectivity index (χ2v) is 5.83. The number of urea groups is 1. The molecule has 20 heavy (non-hydrogen) atoms. The molecule has 2 rings (SSSR count). The lowest BCUT2D eigenvalue weighted by molar-refractivity contribution is -0.137. The van der Waals surface area contributed by atoms with Crippen LogP contribution < -0.4 is 0 Å². The van der Waals surface area contributed by atoms with Crippen LogP contribution in [0.2, 0.25) is 0 Å².